The molecule has 35 heavy (non-hydrogen) atoms. The van der Waals surface area contributed by atoms with Gasteiger partial charge in [0.2, 0.25) is 0 Å². The molecule has 190 valence electrons. The number of allylic oxidation sites excluding steroid dienone is 2. The van der Waals surface area contributed by atoms with E-state index in [1.165, 1.54) is 16.5 Å². The number of nitrogens with zero attached hydrogens (tertiary/aromatic N) is 1. The molecule has 6 unspecified atom stereocenters. The zero-order valence-corrected chi connectivity index (χ0v) is 21.5. The Hall–Kier alpha value is -1.79. The van der Waals surface area contributed by atoms with E-state index in [2.05, 4.69) is 47.6 Å². The molecule has 0 bridgehead atoms. The van der Waals surface area contributed by atoms with E-state index < -0.39 is 11.2 Å². The third kappa shape index (κ3) is 3.96. The summed E-state index contributed by atoms with van der Waals surface area (Å²) in [4.78, 5) is 4.38. The van der Waals surface area contributed by atoms with Crippen LogP contribution in [0, 0.1) is 23.2 Å². The molecule has 1 heterocycles. The standard InChI is InChI=1S/C28H35NO3.C2H7N/c1-26-12-13-27(31)16-20-15-21(30)6-5-18(20)9-11-28(27,32)25(26)8-7-24(26)22-4-2-3-19-10-14-29-17-23(19)22;1-3-2/h2-4,7,10,14,17-18,20-21,25,30-32H,5-6,8-9,11-13,15-16H2,1H3;3H,1-2H3/t18?,20?,21?,25?,26?,27?,28-;/m0./s1. The van der Waals surface area contributed by atoms with Crippen molar-refractivity contribution in [2.45, 2.75) is 82.0 Å². The second kappa shape index (κ2) is 9.26. The molecule has 0 spiro atoms. The van der Waals surface area contributed by atoms with Crippen molar-refractivity contribution in [3.63, 3.8) is 0 Å². The molecule has 4 aliphatic rings. The molecular weight excluding hydrogens is 436 g/mol. The molecule has 3 fully saturated rings. The molecule has 0 amide bonds. The van der Waals surface area contributed by atoms with E-state index in [0.29, 0.717) is 31.1 Å². The molecule has 6 rings (SSSR count). The third-order valence-corrected chi connectivity index (χ3v) is 9.96. The molecule has 0 aliphatic heterocycles. The lowest BCUT2D eigenvalue weighted by Gasteiger charge is -2.57. The molecule has 2 aromatic rings. The second-order valence-corrected chi connectivity index (χ2v) is 11.9. The van der Waals surface area contributed by atoms with E-state index in [-0.39, 0.29) is 17.4 Å². The lowest BCUT2D eigenvalue weighted by molar-refractivity contribution is -0.228. The van der Waals surface area contributed by atoms with Crippen LogP contribution >= 0.6 is 0 Å². The summed E-state index contributed by atoms with van der Waals surface area (Å²) in [7, 11) is 3.75. The Labute approximate surface area is 209 Å². The number of aliphatic hydroxyl groups is 3. The monoisotopic (exact) mass is 478 g/mol. The van der Waals surface area contributed by atoms with Crippen LogP contribution in [0.3, 0.4) is 0 Å². The van der Waals surface area contributed by atoms with E-state index in [1.54, 1.807) is 0 Å². The average molecular weight is 479 g/mol. The van der Waals surface area contributed by atoms with Gasteiger partial charge in [-0.3, -0.25) is 4.98 Å². The number of aromatic nitrogens is 1. The SMILES string of the molecule is CC12CCC3(O)CC4CC(O)CCC4CC[C@]3(O)C1CC=C2c1cccc2ccncc12.CNC. The van der Waals surface area contributed by atoms with Gasteiger partial charge in [0.1, 0.15) is 0 Å². The number of hydrogen-bond acceptors (Lipinski definition) is 5. The van der Waals surface area contributed by atoms with Gasteiger partial charge in [-0.15, -0.1) is 0 Å². The first-order chi connectivity index (χ1) is 16.8. The second-order valence-electron chi connectivity index (χ2n) is 11.9. The van der Waals surface area contributed by atoms with Crippen molar-refractivity contribution in [3.8, 4) is 0 Å². The summed E-state index contributed by atoms with van der Waals surface area (Å²) in [5, 5.41) is 39.6. The maximum Gasteiger partial charge on any atom is 0.0972 e. The number of pyridine rings is 1. The van der Waals surface area contributed by atoms with Gasteiger partial charge in [0, 0.05) is 23.7 Å². The van der Waals surface area contributed by atoms with Crippen LogP contribution in [-0.2, 0) is 0 Å². The highest BCUT2D eigenvalue weighted by atomic mass is 16.4. The van der Waals surface area contributed by atoms with E-state index >= 15 is 0 Å². The first-order valence-corrected chi connectivity index (χ1v) is 13.5. The lowest BCUT2D eigenvalue weighted by Crippen LogP contribution is -2.64. The van der Waals surface area contributed by atoms with Crippen molar-refractivity contribution >= 4 is 16.3 Å². The van der Waals surface area contributed by atoms with Gasteiger partial charge in [0.05, 0.1) is 17.3 Å². The van der Waals surface area contributed by atoms with Crippen molar-refractivity contribution < 1.29 is 15.3 Å². The minimum Gasteiger partial charge on any atom is -0.393 e. The highest BCUT2D eigenvalue weighted by Crippen LogP contribution is 2.65. The molecule has 5 nitrogen and oxygen atoms in total. The largest absolute Gasteiger partial charge is 0.393 e. The Kier molecular flexibility index (Phi) is 6.58. The van der Waals surface area contributed by atoms with E-state index in [0.717, 1.165) is 43.9 Å². The fraction of sp³-hybridized carbons (Fsp3) is 0.633. The van der Waals surface area contributed by atoms with E-state index in [4.69, 9.17) is 0 Å². The summed E-state index contributed by atoms with van der Waals surface area (Å²) in [6.45, 7) is 2.31. The minimum atomic E-state index is -1.08. The van der Waals surface area contributed by atoms with Crippen LogP contribution in [0.25, 0.3) is 16.3 Å². The van der Waals surface area contributed by atoms with Crippen molar-refractivity contribution in [2.75, 3.05) is 14.1 Å². The van der Waals surface area contributed by atoms with Crippen molar-refractivity contribution in [3.05, 3.63) is 48.3 Å². The van der Waals surface area contributed by atoms with Gasteiger partial charge >= 0.3 is 0 Å². The average Bonchev–Trinajstić information content (AvgIpc) is 3.14. The number of benzene rings is 1. The Morgan fingerprint density at radius 2 is 1.80 bits per heavy atom. The fourth-order valence-corrected chi connectivity index (χ4v) is 8.18. The van der Waals surface area contributed by atoms with Crippen LogP contribution in [0.5, 0.6) is 0 Å². The summed E-state index contributed by atoms with van der Waals surface area (Å²) in [5.74, 6) is 0.849. The third-order valence-electron chi connectivity index (χ3n) is 9.96. The van der Waals surface area contributed by atoms with Crippen LogP contribution < -0.4 is 5.32 Å². The Bertz CT molecular complexity index is 1100. The predicted molar refractivity (Wildman–Crippen MR) is 141 cm³/mol. The van der Waals surface area contributed by atoms with Crippen molar-refractivity contribution in [2.24, 2.45) is 23.2 Å². The molecule has 4 N–H and O–H groups in total. The Balaban J connectivity index is 0.000000806. The van der Waals surface area contributed by atoms with Gasteiger partial charge in [-0.1, -0.05) is 31.2 Å². The van der Waals surface area contributed by atoms with Gasteiger partial charge in [-0.2, -0.15) is 0 Å². The Morgan fingerprint density at radius 1 is 1.00 bits per heavy atom. The first-order valence-electron chi connectivity index (χ1n) is 13.5. The number of hydrogen-bond donors (Lipinski definition) is 4. The summed E-state index contributed by atoms with van der Waals surface area (Å²) in [6.07, 6.45) is 13.1. The van der Waals surface area contributed by atoms with E-state index in [1.807, 2.05) is 26.5 Å². The van der Waals surface area contributed by atoms with Crippen LogP contribution in [-0.4, -0.2) is 51.7 Å². The van der Waals surface area contributed by atoms with Gasteiger partial charge in [-0.25, -0.2) is 0 Å². The van der Waals surface area contributed by atoms with Gasteiger partial charge in [0.15, 0.2) is 0 Å². The first kappa shape index (κ1) is 24.9. The predicted octanol–water partition coefficient (Wildman–Crippen LogP) is 4.70. The van der Waals surface area contributed by atoms with Gasteiger partial charge in [-0.05, 0) is 112 Å². The molecule has 1 aromatic carbocycles. The topological polar surface area (TPSA) is 85.6 Å². The van der Waals surface area contributed by atoms with Crippen LogP contribution in [0.15, 0.2) is 42.7 Å². The van der Waals surface area contributed by atoms with Crippen LogP contribution in [0.2, 0.25) is 0 Å². The maximum absolute atomic E-state index is 12.3. The summed E-state index contributed by atoms with van der Waals surface area (Å²) >= 11 is 0. The normalized spacial score (nSPS) is 40.5. The van der Waals surface area contributed by atoms with Crippen LogP contribution in [0.4, 0.5) is 0 Å². The molecule has 4 aliphatic carbocycles. The fourth-order valence-electron chi connectivity index (χ4n) is 8.18. The summed E-state index contributed by atoms with van der Waals surface area (Å²) in [6, 6.07) is 8.50. The molecular formula is C30H42N2O3. The quantitative estimate of drug-likeness (QED) is 0.478. The van der Waals surface area contributed by atoms with Crippen molar-refractivity contribution in [1.82, 2.24) is 10.3 Å². The number of aliphatic hydroxyl groups excluding tert-OH is 1. The minimum absolute atomic E-state index is 0.0146. The van der Waals surface area contributed by atoms with Gasteiger partial charge in [0.25, 0.3) is 0 Å². The zero-order chi connectivity index (χ0) is 24.8. The summed E-state index contributed by atoms with van der Waals surface area (Å²) < 4.78 is 0. The maximum atomic E-state index is 12.3. The van der Waals surface area contributed by atoms with Crippen molar-refractivity contribution in [1.29, 1.82) is 0 Å². The smallest absolute Gasteiger partial charge is 0.0972 e. The summed E-state index contributed by atoms with van der Waals surface area (Å²) in [5.41, 5.74) is 0.231. The molecule has 3 saturated carbocycles. The Morgan fingerprint density at radius 3 is 2.60 bits per heavy atom. The molecule has 1 aromatic heterocycles. The zero-order valence-electron chi connectivity index (χ0n) is 21.5. The number of fused-ring (bicyclic) bond motifs is 5. The van der Waals surface area contributed by atoms with Gasteiger partial charge < -0.3 is 20.6 Å². The van der Waals surface area contributed by atoms with E-state index in [9.17, 15) is 15.3 Å². The van der Waals surface area contributed by atoms with Crippen LogP contribution in [0.1, 0.15) is 70.3 Å². The molecule has 5 heteroatoms. The highest BCUT2D eigenvalue weighted by molar-refractivity contribution is 5.95. The number of nitrogens with one attached hydrogen (secondary N) is 1. The molecule has 7 atom stereocenters. The molecule has 0 saturated heterocycles. The highest BCUT2D eigenvalue weighted by Gasteiger charge is 2.65. The lowest BCUT2D eigenvalue weighted by atomic mass is 9.52. The molecule has 0 radical (unpaired) electrons. The number of rotatable bonds is 1.